The Morgan fingerprint density at radius 2 is 2.20 bits per heavy atom. The van der Waals surface area contributed by atoms with E-state index in [1.165, 1.54) is 0 Å². The summed E-state index contributed by atoms with van der Waals surface area (Å²) in [4.78, 5) is 6.52. The molecule has 0 aliphatic heterocycles. The summed E-state index contributed by atoms with van der Waals surface area (Å²) in [5.74, 6) is 6.20. The van der Waals surface area contributed by atoms with Gasteiger partial charge in [-0.3, -0.25) is 10.4 Å². The van der Waals surface area contributed by atoms with E-state index >= 15 is 0 Å². The van der Waals surface area contributed by atoms with E-state index in [2.05, 4.69) is 36.1 Å². The van der Waals surface area contributed by atoms with E-state index in [1.807, 2.05) is 0 Å². The van der Waals surface area contributed by atoms with Crippen molar-refractivity contribution in [1.82, 2.24) is 10.3 Å². The maximum Gasteiger partial charge on any atom is 0.208 e. The number of ether oxygens (including phenoxy) is 1. The van der Waals surface area contributed by atoms with Gasteiger partial charge in [-0.2, -0.15) is 0 Å². The summed E-state index contributed by atoms with van der Waals surface area (Å²) in [6.07, 6.45) is 0.914. The van der Waals surface area contributed by atoms with E-state index in [-0.39, 0.29) is 0 Å². The zero-order valence-electron chi connectivity index (χ0n) is 10.3. The fraction of sp³-hybridized carbons (Fsp3) is 0.900. The monoisotopic (exact) mass is 216 g/mol. The topological polar surface area (TPSA) is 62.9 Å². The molecule has 0 saturated heterocycles. The van der Waals surface area contributed by atoms with Gasteiger partial charge in [-0.15, -0.1) is 0 Å². The van der Waals surface area contributed by atoms with Gasteiger partial charge in [0.25, 0.3) is 0 Å². The predicted octanol–water partition coefficient (Wildman–Crippen LogP) is 0.573. The second-order valence-corrected chi connectivity index (χ2v) is 3.58. The van der Waals surface area contributed by atoms with Crippen LogP contribution in [0.25, 0.3) is 0 Å². The maximum atomic E-state index is 5.45. The lowest BCUT2D eigenvalue weighted by molar-refractivity contribution is 0.196. The van der Waals surface area contributed by atoms with E-state index < -0.39 is 0 Å². The first kappa shape index (κ1) is 14.2. The minimum atomic E-state index is 0.396. The van der Waals surface area contributed by atoms with Crippen molar-refractivity contribution >= 4 is 5.96 Å². The van der Waals surface area contributed by atoms with Crippen LogP contribution in [-0.4, -0.2) is 43.7 Å². The van der Waals surface area contributed by atoms with Gasteiger partial charge in [0.15, 0.2) is 0 Å². The van der Waals surface area contributed by atoms with Crippen LogP contribution in [0.2, 0.25) is 0 Å². The zero-order valence-corrected chi connectivity index (χ0v) is 10.3. The number of nitrogens with two attached hydrogens (primary N) is 1. The standard InChI is InChI=1S/C10H24N4O/c1-5-14(9(2)3)10(13-11)12-7-6-8-15-4/h9H,5-8,11H2,1-4H3,(H,12,13). The number of guanidine groups is 1. The Labute approximate surface area is 92.7 Å². The molecule has 3 N–H and O–H groups in total. The molecule has 0 heterocycles. The van der Waals surface area contributed by atoms with Crippen LogP contribution in [0.5, 0.6) is 0 Å². The number of nitrogens with one attached hydrogen (secondary N) is 1. The van der Waals surface area contributed by atoms with Gasteiger partial charge in [0, 0.05) is 32.8 Å². The van der Waals surface area contributed by atoms with E-state index in [0.29, 0.717) is 6.04 Å². The van der Waals surface area contributed by atoms with Crippen LogP contribution in [0, 0.1) is 0 Å². The molecule has 0 rings (SSSR count). The summed E-state index contributed by atoms with van der Waals surface area (Å²) in [6, 6.07) is 0.396. The highest BCUT2D eigenvalue weighted by Crippen LogP contribution is 1.98. The van der Waals surface area contributed by atoms with Crippen molar-refractivity contribution in [3.8, 4) is 0 Å². The molecule has 0 aromatic rings. The van der Waals surface area contributed by atoms with Gasteiger partial charge in [-0.25, -0.2) is 5.84 Å². The number of rotatable bonds is 6. The summed E-state index contributed by atoms with van der Waals surface area (Å²) in [5, 5.41) is 0. The summed E-state index contributed by atoms with van der Waals surface area (Å²) >= 11 is 0. The first-order chi connectivity index (χ1) is 7.17. The van der Waals surface area contributed by atoms with Gasteiger partial charge in [-0.1, -0.05) is 0 Å². The Kier molecular flexibility index (Phi) is 8.04. The van der Waals surface area contributed by atoms with Crippen LogP contribution >= 0.6 is 0 Å². The summed E-state index contributed by atoms with van der Waals surface area (Å²) < 4.78 is 4.96. The Balaban J connectivity index is 4.18. The van der Waals surface area contributed by atoms with Crippen LogP contribution in [0.1, 0.15) is 27.2 Å². The second-order valence-electron chi connectivity index (χ2n) is 3.58. The molecule has 0 unspecified atom stereocenters. The lowest BCUT2D eigenvalue weighted by atomic mass is 10.3. The molecule has 15 heavy (non-hydrogen) atoms. The fourth-order valence-electron chi connectivity index (χ4n) is 1.37. The number of aliphatic imine (C=N–C) groups is 1. The fourth-order valence-corrected chi connectivity index (χ4v) is 1.37. The maximum absolute atomic E-state index is 5.45. The van der Waals surface area contributed by atoms with Gasteiger partial charge in [0.1, 0.15) is 0 Å². The van der Waals surface area contributed by atoms with Crippen molar-refractivity contribution in [2.45, 2.75) is 33.2 Å². The number of hydrazine groups is 1. The lowest BCUT2D eigenvalue weighted by Crippen LogP contribution is -2.48. The predicted molar refractivity (Wildman–Crippen MR) is 63.6 cm³/mol. The molecule has 0 spiro atoms. The first-order valence-corrected chi connectivity index (χ1v) is 5.44. The molecule has 5 nitrogen and oxygen atoms in total. The molecule has 0 atom stereocenters. The third-order valence-corrected chi connectivity index (χ3v) is 2.13. The summed E-state index contributed by atoms with van der Waals surface area (Å²) in [5.41, 5.74) is 2.65. The largest absolute Gasteiger partial charge is 0.385 e. The smallest absolute Gasteiger partial charge is 0.208 e. The quantitative estimate of drug-likeness (QED) is 0.224. The van der Waals surface area contributed by atoms with Crippen LogP contribution in [0.15, 0.2) is 4.99 Å². The van der Waals surface area contributed by atoms with E-state index in [4.69, 9.17) is 10.6 Å². The molecular weight excluding hydrogens is 192 g/mol. The molecule has 90 valence electrons. The SMILES string of the molecule is CCN(C(=NCCCOC)NN)C(C)C. The highest BCUT2D eigenvalue weighted by atomic mass is 16.5. The lowest BCUT2D eigenvalue weighted by Gasteiger charge is -2.27. The van der Waals surface area contributed by atoms with Gasteiger partial charge < -0.3 is 9.64 Å². The van der Waals surface area contributed by atoms with Crippen LogP contribution in [0.4, 0.5) is 0 Å². The Morgan fingerprint density at radius 3 is 2.60 bits per heavy atom. The van der Waals surface area contributed by atoms with Gasteiger partial charge in [0.2, 0.25) is 5.96 Å². The average Bonchev–Trinajstić information content (AvgIpc) is 2.22. The number of hydrogen-bond acceptors (Lipinski definition) is 3. The number of nitrogens with zero attached hydrogens (tertiary/aromatic N) is 2. The van der Waals surface area contributed by atoms with Crippen molar-refractivity contribution in [2.75, 3.05) is 26.8 Å². The van der Waals surface area contributed by atoms with E-state index in [0.717, 1.165) is 32.1 Å². The molecule has 0 aliphatic carbocycles. The molecule has 0 bridgehead atoms. The van der Waals surface area contributed by atoms with Gasteiger partial charge in [0.05, 0.1) is 0 Å². The number of methoxy groups -OCH3 is 1. The highest BCUT2D eigenvalue weighted by Gasteiger charge is 2.10. The summed E-state index contributed by atoms with van der Waals surface area (Å²) in [7, 11) is 1.69. The molecule has 0 aliphatic rings. The van der Waals surface area contributed by atoms with Crippen molar-refractivity contribution in [2.24, 2.45) is 10.8 Å². The summed E-state index contributed by atoms with van der Waals surface area (Å²) in [6.45, 7) is 8.68. The number of hydrogen-bond donors (Lipinski definition) is 2. The Morgan fingerprint density at radius 1 is 1.53 bits per heavy atom. The average molecular weight is 216 g/mol. The molecule has 5 heteroatoms. The molecule has 0 aromatic heterocycles. The van der Waals surface area contributed by atoms with Gasteiger partial charge >= 0.3 is 0 Å². The molecule has 0 aromatic carbocycles. The molecule has 0 fully saturated rings. The Bertz CT molecular complexity index is 182. The van der Waals surface area contributed by atoms with E-state index in [9.17, 15) is 0 Å². The molecule has 0 amide bonds. The molecule has 0 saturated carbocycles. The van der Waals surface area contributed by atoms with E-state index in [1.54, 1.807) is 7.11 Å². The zero-order chi connectivity index (χ0) is 11.7. The minimum Gasteiger partial charge on any atom is -0.385 e. The highest BCUT2D eigenvalue weighted by molar-refractivity contribution is 5.79. The van der Waals surface area contributed by atoms with Crippen molar-refractivity contribution in [3.05, 3.63) is 0 Å². The second kappa shape index (κ2) is 8.49. The normalized spacial score (nSPS) is 12.0. The van der Waals surface area contributed by atoms with Crippen LogP contribution in [-0.2, 0) is 4.74 Å². The van der Waals surface area contributed by atoms with Crippen LogP contribution < -0.4 is 11.3 Å². The molecular formula is C10H24N4O. The van der Waals surface area contributed by atoms with Crippen molar-refractivity contribution in [3.63, 3.8) is 0 Å². The third-order valence-electron chi connectivity index (χ3n) is 2.13. The first-order valence-electron chi connectivity index (χ1n) is 5.44. The third kappa shape index (κ3) is 5.59. The Hall–Kier alpha value is -0.810. The van der Waals surface area contributed by atoms with Crippen molar-refractivity contribution < 1.29 is 4.74 Å². The van der Waals surface area contributed by atoms with Gasteiger partial charge in [-0.05, 0) is 27.2 Å². The van der Waals surface area contributed by atoms with Crippen molar-refractivity contribution in [1.29, 1.82) is 0 Å². The minimum absolute atomic E-state index is 0.396. The molecule has 0 radical (unpaired) electrons. The van der Waals surface area contributed by atoms with Crippen LogP contribution in [0.3, 0.4) is 0 Å².